The lowest BCUT2D eigenvalue weighted by molar-refractivity contribution is -0.134. The summed E-state index contributed by atoms with van der Waals surface area (Å²) in [5.41, 5.74) is 7.44. The monoisotopic (exact) mass is 323 g/mol. The minimum Gasteiger partial charge on any atom is -0.508 e. The van der Waals surface area contributed by atoms with Crippen molar-refractivity contribution in [1.82, 2.24) is 9.78 Å². The summed E-state index contributed by atoms with van der Waals surface area (Å²) < 4.78 is 1.78. The fourth-order valence-corrected chi connectivity index (χ4v) is 1.45. The number of aryl methyl sites for hydroxylation is 1. The van der Waals surface area contributed by atoms with Gasteiger partial charge in [-0.3, -0.25) is 4.68 Å². The topological polar surface area (TPSA) is 139 Å². The normalized spacial score (nSPS) is 12.4. The molecule has 0 aliphatic rings. The molecule has 1 aromatic heterocycles. The van der Waals surface area contributed by atoms with Crippen molar-refractivity contribution in [3.05, 3.63) is 48.0 Å². The summed E-state index contributed by atoms with van der Waals surface area (Å²) in [5, 5.41) is 29.3. The maximum Gasteiger partial charge on any atom is 0.328 e. The van der Waals surface area contributed by atoms with Crippen LogP contribution in [-0.4, -0.2) is 43.1 Å². The molecule has 1 aromatic rings. The van der Waals surface area contributed by atoms with E-state index in [2.05, 4.69) is 11.7 Å². The SMILES string of the molecule is C=C/C(O)=C\c1cc(C)nn1CC(C)N.O=C(O)/C=C/C(=O)O. The van der Waals surface area contributed by atoms with Crippen LogP contribution >= 0.6 is 0 Å². The molecule has 0 radical (unpaired) electrons. The molecule has 5 N–H and O–H groups in total. The highest BCUT2D eigenvalue weighted by molar-refractivity contribution is 5.89. The van der Waals surface area contributed by atoms with Crippen molar-refractivity contribution in [3.8, 4) is 0 Å². The number of allylic oxidation sites excluding steroid dienone is 1. The molecule has 0 bridgehead atoms. The van der Waals surface area contributed by atoms with Crippen LogP contribution < -0.4 is 5.73 Å². The van der Waals surface area contributed by atoms with Crippen LogP contribution in [0.2, 0.25) is 0 Å². The van der Waals surface area contributed by atoms with Crippen molar-refractivity contribution in [3.63, 3.8) is 0 Å². The van der Waals surface area contributed by atoms with E-state index in [-0.39, 0.29) is 11.8 Å². The van der Waals surface area contributed by atoms with E-state index in [1.54, 1.807) is 10.8 Å². The molecule has 0 saturated heterocycles. The lowest BCUT2D eigenvalue weighted by Crippen LogP contribution is -2.23. The molecule has 1 unspecified atom stereocenters. The van der Waals surface area contributed by atoms with E-state index in [0.717, 1.165) is 11.4 Å². The summed E-state index contributed by atoms with van der Waals surface area (Å²) in [6.07, 6.45) is 4.12. The second-order valence-corrected chi connectivity index (χ2v) is 4.65. The predicted octanol–water partition coefficient (Wildman–Crippen LogP) is 1.34. The number of nitrogens with two attached hydrogens (primary N) is 1. The molecule has 8 heteroatoms. The molecule has 1 rings (SSSR count). The zero-order valence-corrected chi connectivity index (χ0v) is 13.0. The van der Waals surface area contributed by atoms with Gasteiger partial charge in [-0.25, -0.2) is 9.59 Å². The van der Waals surface area contributed by atoms with Crippen LogP contribution in [0.25, 0.3) is 6.08 Å². The third-order valence-corrected chi connectivity index (χ3v) is 2.27. The highest BCUT2D eigenvalue weighted by atomic mass is 16.4. The highest BCUT2D eigenvalue weighted by Gasteiger charge is 2.05. The molecule has 23 heavy (non-hydrogen) atoms. The van der Waals surface area contributed by atoms with E-state index in [0.29, 0.717) is 18.7 Å². The quantitative estimate of drug-likeness (QED) is 0.352. The number of carboxylic acid groups (broad SMARTS) is 2. The fourth-order valence-electron chi connectivity index (χ4n) is 1.45. The van der Waals surface area contributed by atoms with Gasteiger partial charge in [-0.15, -0.1) is 0 Å². The second-order valence-electron chi connectivity index (χ2n) is 4.65. The number of carbonyl (C=O) groups is 2. The Morgan fingerprint density at radius 3 is 2.26 bits per heavy atom. The molecule has 0 fully saturated rings. The molecule has 126 valence electrons. The number of aliphatic hydroxyl groups excluding tert-OH is 1. The molecule has 0 aliphatic carbocycles. The molecule has 0 amide bonds. The van der Waals surface area contributed by atoms with E-state index >= 15 is 0 Å². The van der Waals surface area contributed by atoms with Crippen LogP contribution in [0.3, 0.4) is 0 Å². The summed E-state index contributed by atoms with van der Waals surface area (Å²) in [6, 6.07) is 1.92. The first-order chi connectivity index (χ1) is 10.6. The maximum absolute atomic E-state index is 9.55. The minimum absolute atomic E-state index is 0.0299. The number of aromatic nitrogens is 2. The Morgan fingerprint density at radius 1 is 1.35 bits per heavy atom. The first-order valence-corrected chi connectivity index (χ1v) is 6.62. The van der Waals surface area contributed by atoms with Gasteiger partial charge >= 0.3 is 11.9 Å². The molecule has 0 spiro atoms. The molecular formula is C15H21N3O5. The Morgan fingerprint density at radius 2 is 1.87 bits per heavy atom. The largest absolute Gasteiger partial charge is 0.508 e. The van der Waals surface area contributed by atoms with Gasteiger partial charge < -0.3 is 21.1 Å². The van der Waals surface area contributed by atoms with Crippen LogP contribution in [-0.2, 0) is 16.1 Å². The smallest absolute Gasteiger partial charge is 0.328 e. The van der Waals surface area contributed by atoms with Crippen LogP contribution in [0.15, 0.2) is 36.6 Å². The van der Waals surface area contributed by atoms with Gasteiger partial charge in [-0.05, 0) is 26.0 Å². The average Bonchev–Trinajstić information content (AvgIpc) is 2.76. The molecule has 1 atom stereocenters. The van der Waals surface area contributed by atoms with E-state index in [9.17, 15) is 14.7 Å². The summed E-state index contributed by atoms with van der Waals surface area (Å²) in [4.78, 5) is 19.1. The van der Waals surface area contributed by atoms with Crippen molar-refractivity contribution in [1.29, 1.82) is 0 Å². The maximum atomic E-state index is 9.55. The lowest BCUT2D eigenvalue weighted by atomic mass is 10.3. The first-order valence-electron chi connectivity index (χ1n) is 6.62. The molecule has 0 saturated carbocycles. The number of nitrogens with zero attached hydrogens (tertiary/aromatic N) is 2. The zero-order chi connectivity index (χ0) is 18.0. The molecule has 0 aromatic carbocycles. The van der Waals surface area contributed by atoms with Crippen LogP contribution in [0.1, 0.15) is 18.3 Å². The van der Waals surface area contributed by atoms with Crippen molar-refractivity contribution >= 4 is 18.0 Å². The number of aliphatic hydroxyl groups is 1. The second kappa shape index (κ2) is 9.96. The number of rotatable bonds is 6. The highest BCUT2D eigenvalue weighted by Crippen LogP contribution is 2.09. The lowest BCUT2D eigenvalue weighted by Gasteiger charge is -2.07. The van der Waals surface area contributed by atoms with E-state index in [1.807, 2.05) is 19.9 Å². The molecule has 0 aliphatic heterocycles. The third kappa shape index (κ3) is 9.64. The molecule has 8 nitrogen and oxygen atoms in total. The third-order valence-electron chi connectivity index (χ3n) is 2.27. The first kappa shape index (κ1) is 20.1. The van der Waals surface area contributed by atoms with Gasteiger partial charge in [0.25, 0.3) is 0 Å². The average molecular weight is 323 g/mol. The van der Waals surface area contributed by atoms with Crippen LogP contribution in [0, 0.1) is 6.92 Å². The summed E-state index contributed by atoms with van der Waals surface area (Å²) in [7, 11) is 0. The number of aliphatic carboxylic acids is 2. The Balaban J connectivity index is 0.000000515. The Kier molecular flexibility index (Phi) is 8.71. The van der Waals surface area contributed by atoms with Gasteiger partial charge in [0.1, 0.15) is 5.76 Å². The van der Waals surface area contributed by atoms with Gasteiger partial charge in [-0.2, -0.15) is 5.10 Å². The van der Waals surface area contributed by atoms with Crippen molar-refractivity contribution in [2.24, 2.45) is 5.73 Å². The van der Waals surface area contributed by atoms with Crippen LogP contribution in [0.4, 0.5) is 0 Å². The van der Waals surface area contributed by atoms with Gasteiger partial charge in [0.2, 0.25) is 0 Å². The van der Waals surface area contributed by atoms with Gasteiger partial charge in [0.05, 0.1) is 17.9 Å². The van der Waals surface area contributed by atoms with Crippen LogP contribution in [0.5, 0.6) is 0 Å². The summed E-state index contributed by atoms with van der Waals surface area (Å²) in [6.45, 7) is 7.93. The summed E-state index contributed by atoms with van der Waals surface area (Å²) >= 11 is 0. The fraction of sp³-hybridized carbons (Fsp3) is 0.267. The minimum atomic E-state index is -1.26. The van der Waals surface area contributed by atoms with Gasteiger partial charge in [0, 0.05) is 24.3 Å². The van der Waals surface area contributed by atoms with Gasteiger partial charge in [-0.1, -0.05) is 6.58 Å². The van der Waals surface area contributed by atoms with Gasteiger partial charge in [0.15, 0.2) is 0 Å². The zero-order valence-electron chi connectivity index (χ0n) is 13.0. The van der Waals surface area contributed by atoms with Crippen molar-refractivity contribution in [2.75, 3.05) is 0 Å². The Labute approximate surface area is 133 Å². The number of hydrogen-bond donors (Lipinski definition) is 4. The summed E-state index contributed by atoms with van der Waals surface area (Å²) in [5.74, 6) is -2.39. The van der Waals surface area contributed by atoms with E-state index < -0.39 is 11.9 Å². The Bertz CT molecular complexity index is 599. The standard InChI is InChI=1S/C11H17N3O.C4H4O4/c1-4-11(15)6-10-5-9(3)13-14(10)7-8(2)12;5-3(6)1-2-4(7)8/h4-6,8,15H,1,7,12H2,2-3H3;1-2H,(H,5,6)(H,7,8)/b11-6+;2-1+. The predicted molar refractivity (Wildman–Crippen MR) is 85.8 cm³/mol. The molecular weight excluding hydrogens is 302 g/mol. The Hall–Kier alpha value is -2.87. The number of carboxylic acids is 2. The van der Waals surface area contributed by atoms with E-state index in [4.69, 9.17) is 15.9 Å². The number of hydrogen-bond acceptors (Lipinski definition) is 5. The van der Waals surface area contributed by atoms with E-state index in [1.165, 1.54) is 6.08 Å². The molecule has 1 heterocycles. The van der Waals surface area contributed by atoms with Crippen molar-refractivity contribution in [2.45, 2.75) is 26.4 Å². The van der Waals surface area contributed by atoms with Crippen molar-refractivity contribution < 1.29 is 24.9 Å².